The van der Waals surface area contributed by atoms with Crippen molar-refractivity contribution in [2.75, 3.05) is 7.11 Å². The second-order valence-corrected chi connectivity index (χ2v) is 4.62. The van der Waals surface area contributed by atoms with E-state index in [-0.39, 0.29) is 5.56 Å². The first-order valence-corrected chi connectivity index (χ1v) is 5.43. The molecule has 0 aliphatic rings. The van der Waals surface area contributed by atoms with Gasteiger partial charge < -0.3 is 4.74 Å². The normalized spacial score (nSPS) is 11.0. The zero-order chi connectivity index (χ0) is 13.1. The van der Waals surface area contributed by atoms with E-state index in [0.29, 0.717) is 24.7 Å². The highest BCUT2D eigenvalue weighted by Crippen LogP contribution is 2.20. The van der Waals surface area contributed by atoms with Gasteiger partial charge in [0, 0.05) is 18.3 Å². The van der Waals surface area contributed by atoms with Crippen LogP contribution < -0.4 is 10.3 Å². The third-order valence-electron chi connectivity index (χ3n) is 2.55. The average molecular weight is 235 g/mol. The summed E-state index contributed by atoms with van der Waals surface area (Å²) < 4.78 is 6.53. The lowest BCUT2D eigenvalue weighted by Crippen LogP contribution is -2.25. The van der Waals surface area contributed by atoms with Crippen LogP contribution >= 0.6 is 0 Å². The Balaban J connectivity index is 3.00. The van der Waals surface area contributed by atoms with Crippen LogP contribution in [0.2, 0.25) is 0 Å². The minimum Gasteiger partial charge on any atom is -0.468 e. The Labute approximate surface area is 101 Å². The summed E-state index contributed by atoms with van der Waals surface area (Å²) in [7, 11) is 1.48. The number of methoxy groups -OCH3 is 1. The lowest BCUT2D eigenvalue weighted by atomic mass is 9.91. The highest BCUT2D eigenvalue weighted by molar-refractivity contribution is 5.07. The third kappa shape index (κ3) is 3.31. The molecule has 1 aromatic heterocycles. The standard InChI is InChI=1S/C12H17N3O2/c1-9-7-10(16)15(11(14-9)17-4)6-5-12(2,3)8-13/h7H,5-6H2,1-4H3. The van der Waals surface area contributed by atoms with Crippen molar-refractivity contribution in [1.29, 1.82) is 5.26 Å². The lowest BCUT2D eigenvalue weighted by molar-refractivity contribution is 0.324. The van der Waals surface area contributed by atoms with Crippen LogP contribution in [0.25, 0.3) is 0 Å². The summed E-state index contributed by atoms with van der Waals surface area (Å²) in [4.78, 5) is 15.9. The molecule has 0 saturated carbocycles. The Bertz CT molecular complexity index is 497. The zero-order valence-corrected chi connectivity index (χ0v) is 10.6. The Morgan fingerprint density at radius 1 is 1.59 bits per heavy atom. The molecular formula is C12H17N3O2. The van der Waals surface area contributed by atoms with E-state index < -0.39 is 5.41 Å². The average Bonchev–Trinajstić information content (AvgIpc) is 2.26. The van der Waals surface area contributed by atoms with Crippen LogP contribution in [0, 0.1) is 23.7 Å². The van der Waals surface area contributed by atoms with Gasteiger partial charge in [-0.25, -0.2) is 4.98 Å². The molecule has 0 spiro atoms. The van der Waals surface area contributed by atoms with Crippen LogP contribution in [0.15, 0.2) is 10.9 Å². The number of ether oxygens (including phenoxy) is 1. The molecule has 0 unspecified atom stereocenters. The number of hydrogen-bond acceptors (Lipinski definition) is 4. The Kier molecular flexibility index (Phi) is 3.89. The quantitative estimate of drug-likeness (QED) is 0.793. The minimum atomic E-state index is -0.463. The number of nitrogens with zero attached hydrogens (tertiary/aromatic N) is 3. The van der Waals surface area contributed by atoms with Crippen molar-refractivity contribution in [3.63, 3.8) is 0 Å². The maximum atomic E-state index is 11.8. The molecule has 0 N–H and O–H groups in total. The summed E-state index contributed by atoms with van der Waals surface area (Å²) in [6.45, 7) is 5.85. The van der Waals surface area contributed by atoms with Gasteiger partial charge in [-0.2, -0.15) is 5.26 Å². The predicted molar refractivity (Wildman–Crippen MR) is 63.8 cm³/mol. The summed E-state index contributed by atoms with van der Waals surface area (Å²) in [5, 5.41) is 8.93. The number of rotatable bonds is 4. The van der Waals surface area contributed by atoms with Gasteiger partial charge in [-0.1, -0.05) is 0 Å². The fourth-order valence-electron chi connectivity index (χ4n) is 1.40. The molecule has 0 saturated heterocycles. The molecule has 0 aliphatic heterocycles. The molecule has 0 radical (unpaired) electrons. The van der Waals surface area contributed by atoms with Gasteiger partial charge in [0.2, 0.25) is 0 Å². The van der Waals surface area contributed by atoms with E-state index in [1.54, 1.807) is 6.92 Å². The van der Waals surface area contributed by atoms with Crippen molar-refractivity contribution in [3.05, 3.63) is 22.1 Å². The summed E-state index contributed by atoms with van der Waals surface area (Å²) in [6.07, 6.45) is 0.574. The van der Waals surface area contributed by atoms with Gasteiger partial charge in [0.1, 0.15) is 0 Å². The minimum absolute atomic E-state index is 0.150. The van der Waals surface area contributed by atoms with Gasteiger partial charge in [0.15, 0.2) is 0 Å². The molecule has 0 amide bonds. The van der Waals surface area contributed by atoms with Gasteiger partial charge >= 0.3 is 0 Å². The molecule has 17 heavy (non-hydrogen) atoms. The van der Waals surface area contributed by atoms with Crippen molar-refractivity contribution in [3.8, 4) is 12.1 Å². The Morgan fingerprint density at radius 3 is 2.76 bits per heavy atom. The van der Waals surface area contributed by atoms with Crippen LogP contribution in [0.5, 0.6) is 6.01 Å². The molecule has 5 heteroatoms. The number of nitriles is 1. The second-order valence-electron chi connectivity index (χ2n) is 4.62. The van der Waals surface area contributed by atoms with E-state index in [0.717, 1.165) is 0 Å². The van der Waals surface area contributed by atoms with E-state index in [4.69, 9.17) is 10.00 Å². The molecule has 92 valence electrons. The topological polar surface area (TPSA) is 67.9 Å². The van der Waals surface area contributed by atoms with Crippen molar-refractivity contribution >= 4 is 0 Å². The van der Waals surface area contributed by atoms with Crippen LogP contribution in [0.3, 0.4) is 0 Å². The highest BCUT2D eigenvalue weighted by atomic mass is 16.5. The van der Waals surface area contributed by atoms with Crippen molar-refractivity contribution in [2.24, 2.45) is 5.41 Å². The van der Waals surface area contributed by atoms with Gasteiger partial charge in [-0.15, -0.1) is 0 Å². The van der Waals surface area contributed by atoms with E-state index >= 15 is 0 Å². The van der Waals surface area contributed by atoms with Crippen LogP contribution in [-0.2, 0) is 6.54 Å². The van der Waals surface area contributed by atoms with Gasteiger partial charge in [-0.3, -0.25) is 9.36 Å². The Morgan fingerprint density at radius 2 is 2.24 bits per heavy atom. The number of aryl methyl sites for hydroxylation is 1. The van der Waals surface area contributed by atoms with E-state index in [9.17, 15) is 4.79 Å². The maximum absolute atomic E-state index is 11.8. The van der Waals surface area contributed by atoms with Crippen LogP contribution in [0.4, 0.5) is 0 Å². The fourth-order valence-corrected chi connectivity index (χ4v) is 1.40. The SMILES string of the molecule is COc1nc(C)cc(=O)n1CCC(C)(C)C#N. The maximum Gasteiger partial charge on any atom is 0.299 e. The van der Waals surface area contributed by atoms with Gasteiger partial charge in [0.05, 0.1) is 18.6 Å². The molecule has 0 bridgehead atoms. The third-order valence-corrected chi connectivity index (χ3v) is 2.55. The van der Waals surface area contributed by atoms with Crippen LogP contribution in [-0.4, -0.2) is 16.7 Å². The van der Waals surface area contributed by atoms with Crippen molar-refractivity contribution in [1.82, 2.24) is 9.55 Å². The number of aromatic nitrogens is 2. The highest BCUT2D eigenvalue weighted by Gasteiger charge is 2.18. The van der Waals surface area contributed by atoms with Crippen LogP contribution in [0.1, 0.15) is 26.0 Å². The van der Waals surface area contributed by atoms with E-state index in [1.165, 1.54) is 17.7 Å². The molecule has 0 atom stereocenters. The first kappa shape index (κ1) is 13.2. The molecule has 1 aromatic rings. The van der Waals surface area contributed by atoms with Gasteiger partial charge in [-0.05, 0) is 27.2 Å². The second kappa shape index (κ2) is 5.00. The van der Waals surface area contributed by atoms with E-state index in [2.05, 4.69) is 11.1 Å². The Hall–Kier alpha value is -1.83. The molecule has 5 nitrogen and oxygen atoms in total. The van der Waals surface area contributed by atoms with Crippen molar-refractivity contribution < 1.29 is 4.74 Å². The number of hydrogen-bond donors (Lipinski definition) is 0. The monoisotopic (exact) mass is 235 g/mol. The summed E-state index contributed by atoms with van der Waals surface area (Å²) in [5.74, 6) is 0. The smallest absolute Gasteiger partial charge is 0.299 e. The summed E-state index contributed by atoms with van der Waals surface area (Å²) in [5.41, 5.74) is 0.0146. The molecule has 0 aliphatic carbocycles. The molecule has 0 aromatic carbocycles. The zero-order valence-electron chi connectivity index (χ0n) is 10.6. The molecule has 0 fully saturated rings. The molecule has 1 heterocycles. The summed E-state index contributed by atoms with van der Waals surface area (Å²) in [6, 6.07) is 3.96. The lowest BCUT2D eigenvalue weighted by Gasteiger charge is -2.17. The first-order valence-electron chi connectivity index (χ1n) is 5.43. The molecule has 1 rings (SSSR count). The predicted octanol–water partition coefficient (Wildman–Crippen LogP) is 1.50. The fraction of sp³-hybridized carbons (Fsp3) is 0.583. The summed E-state index contributed by atoms with van der Waals surface area (Å²) >= 11 is 0. The molecular weight excluding hydrogens is 218 g/mol. The largest absolute Gasteiger partial charge is 0.468 e. The first-order chi connectivity index (χ1) is 7.89. The van der Waals surface area contributed by atoms with E-state index in [1.807, 2.05) is 13.8 Å². The van der Waals surface area contributed by atoms with Crippen molar-refractivity contribution in [2.45, 2.75) is 33.7 Å². The van der Waals surface area contributed by atoms with Gasteiger partial charge in [0.25, 0.3) is 11.6 Å².